The third kappa shape index (κ3) is 10.7. The Balaban J connectivity index is 1.03. The first-order valence-electron chi connectivity index (χ1n) is 18.4. The maximum Gasteiger partial charge on any atom is 0.224 e. The lowest BCUT2D eigenvalue weighted by Gasteiger charge is -2.42. The number of piperidine rings is 1. The van der Waals surface area contributed by atoms with E-state index in [0.717, 1.165) is 41.8 Å². The highest BCUT2D eigenvalue weighted by Crippen LogP contribution is 2.40. The van der Waals surface area contributed by atoms with Gasteiger partial charge >= 0.3 is 0 Å². The first-order valence-corrected chi connectivity index (χ1v) is 18.8. The van der Waals surface area contributed by atoms with E-state index in [0.29, 0.717) is 73.6 Å². The Morgan fingerprint density at radius 3 is 2.23 bits per heavy atom. The summed E-state index contributed by atoms with van der Waals surface area (Å²) in [6.45, 7) is 2.09. The fourth-order valence-electron chi connectivity index (χ4n) is 7.03. The number of rotatable bonds is 14. The van der Waals surface area contributed by atoms with Gasteiger partial charge in [-0.2, -0.15) is 0 Å². The monoisotopic (exact) mass is 740 g/mol. The number of hydrogen-bond acceptors (Lipinski definition) is 8. The van der Waals surface area contributed by atoms with Crippen LogP contribution in [0.1, 0.15) is 86.0 Å². The van der Waals surface area contributed by atoms with E-state index in [9.17, 15) is 19.8 Å². The summed E-state index contributed by atoms with van der Waals surface area (Å²) in [6.07, 6.45) is 3.57. The Bertz CT molecular complexity index is 1810. The van der Waals surface area contributed by atoms with Crippen molar-refractivity contribution in [2.75, 3.05) is 36.0 Å². The lowest BCUT2D eigenvalue weighted by atomic mass is 9.84. The molecular weight excluding hydrogens is 692 g/mol. The minimum Gasteiger partial charge on any atom is -0.397 e. The number of hydrogen-bond donors (Lipinski definition) is 5. The number of benzene rings is 4. The van der Waals surface area contributed by atoms with Gasteiger partial charge in [0.15, 0.2) is 6.29 Å². The van der Waals surface area contributed by atoms with Crippen molar-refractivity contribution in [2.45, 2.75) is 82.1 Å². The summed E-state index contributed by atoms with van der Waals surface area (Å²) >= 11 is 6.09. The zero-order valence-corrected chi connectivity index (χ0v) is 30.6. The molecule has 0 bridgehead atoms. The summed E-state index contributed by atoms with van der Waals surface area (Å²) < 4.78 is 13.2. The molecule has 53 heavy (non-hydrogen) atoms. The number of carbonyl (C=O) groups excluding carboxylic acids is 2. The molecule has 2 heterocycles. The van der Waals surface area contributed by atoms with Crippen LogP contribution in [0.3, 0.4) is 0 Å². The van der Waals surface area contributed by atoms with Gasteiger partial charge in [0.1, 0.15) is 0 Å². The number of amides is 2. The van der Waals surface area contributed by atoms with Gasteiger partial charge < -0.3 is 41.0 Å². The Labute approximate surface area is 316 Å². The summed E-state index contributed by atoms with van der Waals surface area (Å²) in [5, 5.41) is 27.5. The molecule has 11 heteroatoms. The van der Waals surface area contributed by atoms with Crippen LogP contribution in [0.15, 0.2) is 97.1 Å². The zero-order valence-electron chi connectivity index (χ0n) is 29.9. The fraction of sp³-hybridized carbons (Fsp3) is 0.381. The van der Waals surface area contributed by atoms with Crippen molar-refractivity contribution >= 4 is 40.5 Å². The van der Waals surface area contributed by atoms with Gasteiger partial charge in [0, 0.05) is 55.2 Å². The van der Waals surface area contributed by atoms with E-state index in [1.807, 2.05) is 84.9 Å². The maximum absolute atomic E-state index is 12.9. The SMILES string of the molecule is Nc1ccccc1NC(=O)CCCCCC(=O)Nc1cccc(C2OC(CN3CCC(O)(c4ccc(Cl)cc4)CC3)CC(c3ccc(CO)cc3)O2)c1. The van der Waals surface area contributed by atoms with E-state index in [2.05, 4.69) is 15.5 Å². The molecule has 3 atom stereocenters. The maximum atomic E-state index is 12.9. The van der Waals surface area contributed by atoms with Crippen LogP contribution in [0.4, 0.5) is 17.1 Å². The minimum absolute atomic E-state index is 0.0299. The number of nitrogens with one attached hydrogen (secondary N) is 2. The second-order valence-corrected chi connectivity index (χ2v) is 14.5. The van der Waals surface area contributed by atoms with Gasteiger partial charge in [0.05, 0.1) is 35.8 Å². The molecule has 0 saturated carbocycles. The van der Waals surface area contributed by atoms with Crippen LogP contribution in [-0.2, 0) is 31.3 Å². The summed E-state index contributed by atoms with van der Waals surface area (Å²) in [5.41, 5.74) is 10.3. The quantitative estimate of drug-likeness (QED) is 0.0661. The number of unbranched alkanes of at least 4 members (excludes halogenated alkanes) is 2. The van der Waals surface area contributed by atoms with Crippen molar-refractivity contribution in [3.05, 3.63) is 124 Å². The number of anilines is 3. The predicted molar refractivity (Wildman–Crippen MR) is 207 cm³/mol. The fourth-order valence-corrected chi connectivity index (χ4v) is 7.16. The molecule has 2 aliphatic heterocycles. The molecule has 0 aromatic heterocycles. The van der Waals surface area contributed by atoms with Gasteiger partial charge in [0.25, 0.3) is 0 Å². The number of carbonyl (C=O) groups is 2. The van der Waals surface area contributed by atoms with E-state index >= 15 is 0 Å². The summed E-state index contributed by atoms with van der Waals surface area (Å²) in [7, 11) is 0. The number of nitrogen functional groups attached to an aromatic ring is 1. The molecule has 0 aliphatic carbocycles. The van der Waals surface area contributed by atoms with E-state index in [1.165, 1.54) is 0 Å². The first kappa shape index (κ1) is 38.4. The minimum atomic E-state index is -0.892. The molecule has 2 fully saturated rings. The van der Waals surface area contributed by atoms with Crippen LogP contribution in [-0.4, -0.2) is 52.7 Å². The van der Waals surface area contributed by atoms with Crippen molar-refractivity contribution in [1.29, 1.82) is 0 Å². The molecule has 4 aromatic rings. The molecule has 4 aromatic carbocycles. The van der Waals surface area contributed by atoms with Crippen LogP contribution in [0, 0.1) is 0 Å². The molecule has 6 rings (SSSR count). The highest BCUT2D eigenvalue weighted by molar-refractivity contribution is 6.30. The van der Waals surface area contributed by atoms with Gasteiger partial charge in [0.2, 0.25) is 11.8 Å². The third-order valence-corrected chi connectivity index (χ3v) is 10.4. The average molecular weight is 741 g/mol. The molecular formula is C42H49ClN4O6. The second kappa shape index (κ2) is 18.2. The van der Waals surface area contributed by atoms with E-state index in [-0.39, 0.29) is 30.6 Å². The van der Waals surface area contributed by atoms with Crippen molar-refractivity contribution < 1.29 is 29.3 Å². The third-order valence-electron chi connectivity index (χ3n) is 10.1. The van der Waals surface area contributed by atoms with E-state index < -0.39 is 11.9 Å². The molecule has 2 saturated heterocycles. The van der Waals surface area contributed by atoms with Crippen molar-refractivity contribution in [3.63, 3.8) is 0 Å². The number of para-hydroxylation sites is 2. The highest BCUT2D eigenvalue weighted by Gasteiger charge is 2.37. The number of nitrogens with zero attached hydrogens (tertiary/aromatic N) is 1. The lowest BCUT2D eigenvalue weighted by Crippen LogP contribution is -2.46. The van der Waals surface area contributed by atoms with E-state index in [1.54, 1.807) is 12.1 Å². The highest BCUT2D eigenvalue weighted by atomic mass is 35.5. The molecule has 10 nitrogen and oxygen atoms in total. The smallest absolute Gasteiger partial charge is 0.224 e. The molecule has 6 N–H and O–H groups in total. The van der Waals surface area contributed by atoms with Crippen LogP contribution < -0.4 is 16.4 Å². The first-order chi connectivity index (χ1) is 25.7. The van der Waals surface area contributed by atoms with Gasteiger partial charge in [-0.15, -0.1) is 0 Å². The summed E-state index contributed by atoms with van der Waals surface area (Å²) in [4.78, 5) is 27.5. The Morgan fingerprint density at radius 1 is 0.830 bits per heavy atom. The number of likely N-dealkylation sites (tertiary alicyclic amines) is 1. The molecule has 3 unspecified atom stereocenters. The van der Waals surface area contributed by atoms with Crippen LogP contribution in [0.5, 0.6) is 0 Å². The second-order valence-electron chi connectivity index (χ2n) is 14.1. The molecule has 0 spiro atoms. The average Bonchev–Trinajstić information content (AvgIpc) is 3.17. The van der Waals surface area contributed by atoms with Crippen molar-refractivity contribution in [1.82, 2.24) is 4.90 Å². The Kier molecular flexibility index (Phi) is 13.2. The summed E-state index contributed by atoms with van der Waals surface area (Å²) in [6, 6.07) is 30.0. The van der Waals surface area contributed by atoms with Gasteiger partial charge in [-0.3, -0.25) is 9.59 Å². The zero-order chi connectivity index (χ0) is 37.2. The number of nitrogens with two attached hydrogens (primary N) is 1. The van der Waals surface area contributed by atoms with E-state index in [4.69, 9.17) is 26.8 Å². The number of aliphatic hydroxyl groups is 2. The standard InChI is InChI=1S/C42H49ClN4O6/c43-33-19-17-32(18-20-33)42(51)21-23-47(24-22-42)27-35-26-38(30-15-13-29(28-48)14-16-30)53-41(52-35)31-7-6-8-34(25-31)45-39(49)11-2-1-3-12-40(50)46-37-10-5-4-9-36(37)44/h4-10,13-20,25,35,38,41,48,51H,1-3,11-12,21-24,26-28,44H2,(H,45,49)(H,46,50). The van der Waals surface area contributed by atoms with Gasteiger partial charge in [-0.05, 0) is 78.8 Å². The largest absolute Gasteiger partial charge is 0.397 e. The topological polar surface area (TPSA) is 146 Å². The molecule has 2 amide bonds. The normalized spacial score (nSPS) is 20.1. The molecule has 280 valence electrons. The Morgan fingerprint density at radius 2 is 1.53 bits per heavy atom. The van der Waals surface area contributed by atoms with Gasteiger partial charge in [-0.1, -0.05) is 78.7 Å². The van der Waals surface area contributed by atoms with Crippen LogP contribution in [0.2, 0.25) is 5.02 Å². The Hall–Kier alpha value is -4.29. The van der Waals surface area contributed by atoms with Crippen molar-refractivity contribution in [3.8, 4) is 0 Å². The van der Waals surface area contributed by atoms with Crippen LogP contribution in [0.25, 0.3) is 0 Å². The lowest BCUT2D eigenvalue weighted by molar-refractivity contribution is -0.253. The summed E-state index contributed by atoms with van der Waals surface area (Å²) in [5.74, 6) is -0.197. The number of aliphatic hydroxyl groups excluding tert-OH is 1. The molecule has 0 radical (unpaired) electrons. The van der Waals surface area contributed by atoms with Crippen LogP contribution >= 0.6 is 11.6 Å². The number of halogens is 1. The molecule has 2 aliphatic rings. The van der Waals surface area contributed by atoms with Crippen molar-refractivity contribution in [2.24, 2.45) is 0 Å². The predicted octanol–water partition coefficient (Wildman–Crippen LogP) is 7.47. The number of ether oxygens (including phenoxy) is 2. The van der Waals surface area contributed by atoms with Gasteiger partial charge in [-0.25, -0.2) is 0 Å².